The topological polar surface area (TPSA) is 67.3 Å². The molecule has 0 radical (unpaired) electrons. The van der Waals surface area contributed by atoms with Crippen LogP contribution >= 0.6 is 0 Å². The van der Waals surface area contributed by atoms with Crippen LogP contribution in [0.3, 0.4) is 0 Å². The van der Waals surface area contributed by atoms with Crippen LogP contribution in [-0.4, -0.2) is 47.8 Å². The maximum atomic E-state index is 14.0. The van der Waals surface area contributed by atoms with Crippen LogP contribution in [0.4, 0.5) is 8.78 Å². The Balaban J connectivity index is 1.67. The van der Waals surface area contributed by atoms with E-state index >= 15 is 0 Å². The minimum atomic E-state index is -3.26. The van der Waals surface area contributed by atoms with Gasteiger partial charge in [-0.3, -0.25) is 9.78 Å². The molecule has 0 bridgehead atoms. The number of hydrogen-bond acceptors (Lipinski definition) is 4. The minimum Gasteiger partial charge on any atom is -0.336 e. The van der Waals surface area contributed by atoms with Gasteiger partial charge in [-0.1, -0.05) is 19.3 Å². The summed E-state index contributed by atoms with van der Waals surface area (Å²) in [5.74, 6) is -1.77. The zero-order valence-corrected chi connectivity index (χ0v) is 15.6. The molecule has 2 aromatic rings. The Kier molecular flexibility index (Phi) is 4.41. The van der Waals surface area contributed by atoms with Crippen LogP contribution in [0.25, 0.3) is 10.9 Å². The van der Waals surface area contributed by atoms with Crippen LogP contribution in [-0.2, 0) is 9.84 Å². The molecule has 1 aliphatic heterocycles. The van der Waals surface area contributed by atoms with E-state index in [2.05, 4.69) is 4.98 Å². The lowest BCUT2D eigenvalue weighted by Gasteiger charge is -2.44. The van der Waals surface area contributed by atoms with Gasteiger partial charge >= 0.3 is 0 Å². The maximum Gasteiger partial charge on any atom is 0.255 e. The normalized spacial score (nSPS) is 21.5. The van der Waals surface area contributed by atoms with Crippen LogP contribution in [0.15, 0.2) is 24.4 Å². The van der Waals surface area contributed by atoms with E-state index in [1.54, 1.807) is 0 Å². The molecular formula is C19H20F2N2O3S. The highest BCUT2D eigenvalue weighted by Gasteiger charge is 2.49. The number of nitrogens with zero attached hydrogens (tertiary/aromatic N) is 2. The Morgan fingerprint density at radius 2 is 1.81 bits per heavy atom. The van der Waals surface area contributed by atoms with Crippen molar-refractivity contribution in [2.75, 3.05) is 18.8 Å². The first-order valence-electron chi connectivity index (χ1n) is 9.08. The Bertz CT molecular complexity index is 1020. The molecule has 0 N–H and O–H groups in total. The van der Waals surface area contributed by atoms with Gasteiger partial charge in [0.2, 0.25) is 0 Å². The fourth-order valence-corrected chi connectivity index (χ4v) is 6.42. The van der Waals surface area contributed by atoms with Gasteiger partial charge in [0.25, 0.3) is 5.91 Å². The van der Waals surface area contributed by atoms with Gasteiger partial charge in [0.15, 0.2) is 9.84 Å². The molecule has 2 fully saturated rings. The predicted octanol–water partition coefficient (Wildman–Crippen LogP) is 3.09. The molecular weight excluding hydrogens is 374 g/mol. The van der Waals surface area contributed by atoms with Gasteiger partial charge in [0.1, 0.15) is 17.2 Å². The Hall–Kier alpha value is -2.09. The van der Waals surface area contributed by atoms with Crippen molar-refractivity contribution in [2.24, 2.45) is 0 Å². The summed E-state index contributed by atoms with van der Waals surface area (Å²) in [5.41, 5.74) is 0.00813. The molecule has 144 valence electrons. The number of amides is 1. The van der Waals surface area contributed by atoms with Crippen LogP contribution in [0.2, 0.25) is 0 Å². The number of pyridine rings is 1. The van der Waals surface area contributed by atoms with Gasteiger partial charge in [-0.05, 0) is 31.0 Å². The van der Waals surface area contributed by atoms with Gasteiger partial charge in [0, 0.05) is 24.7 Å². The van der Waals surface area contributed by atoms with Crippen molar-refractivity contribution in [2.45, 2.75) is 36.9 Å². The van der Waals surface area contributed by atoms with Crippen molar-refractivity contribution in [3.8, 4) is 0 Å². The standard InChI is InChI=1S/C19H20F2N2O3S/c20-15-4-5-16(21)17-14(15)10-13(11-22-17)18(24)23-8-9-27(25,26)19(12-23)6-2-1-3-7-19/h4-5,10-11H,1-3,6-9,12H2. The molecule has 4 rings (SSSR count). The zero-order valence-electron chi connectivity index (χ0n) is 14.7. The summed E-state index contributed by atoms with van der Waals surface area (Å²) in [6.45, 7) is 0.254. The molecule has 1 aromatic heterocycles. The van der Waals surface area contributed by atoms with E-state index in [9.17, 15) is 22.0 Å². The molecule has 1 saturated carbocycles. The Labute approximate surface area is 156 Å². The monoisotopic (exact) mass is 394 g/mol. The van der Waals surface area contributed by atoms with Gasteiger partial charge in [0.05, 0.1) is 16.1 Å². The molecule has 5 nitrogen and oxygen atoms in total. The van der Waals surface area contributed by atoms with Crippen molar-refractivity contribution < 1.29 is 22.0 Å². The predicted molar refractivity (Wildman–Crippen MR) is 97.2 cm³/mol. The summed E-state index contributed by atoms with van der Waals surface area (Å²) in [6, 6.07) is 3.28. The van der Waals surface area contributed by atoms with E-state index in [0.29, 0.717) is 12.8 Å². The van der Waals surface area contributed by atoms with E-state index < -0.39 is 32.1 Å². The van der Waals surface area contributed by atoms with Crippen LogP contribution < -0.4 is 0 Å². The van der Waals surface area contributed by atoms with Gasteiger partial charge in [-0.25, -0.2) is 17.2 Å². The molecule has 2 heterocycles. The van der Waals surface area contributed by atoms with E-state index in [1.807, 2.05) is 0 Å². The molecule has 0 atom stereocenters. The SMILES string of the molecule is O=C(c1cnc2c(F)ccc(F)c2c1)N1CCS(=O)(=O)C2(CCCCC2)C1. The quantitative estimate of drug-likeness (QED) is 0.746. The molecule has 1 saturated heterocycles. The maximum absolute atomic E-state index is 14.0. The number of carbonyl (C=O) groups is 1. The van der Waals surface area contributed by atoms with Gasteiger partial charge in [-0.15, -0.1) is 0 Å². The van der Waals surface area contributed by atoms with Crippen molar-refractivity contribution in [3.05, 3.63) is 41.6 Å². The third-order valence-electron chi connectivity index (χ3n) is 5.81. The molecule has 1 spiro atoms. The molecule has 2 aliphatic rings. The number of hydrogen-bond donors (Lipinski definition) is 0. The summed E-state index contributed by atoms with van der Waals surface area (Å²) < 4.78 is 52.3. The van der Waals surface area contributed by atoms with Crippen LogP contribution in [0, 0.1) is 11.6 Å². The fraction of sp³-hybridized carbons (Fsp3) is 0.474. The smallest absolute Gasteiger partial charge is 0.255 e. The molecule has 1 amide bonds. The van der Waals surface area contributed by atoms with Crippen molar-refractivity contribution in [1.82, 2.24) is 9.88 Å². The summed E-state index contributed by atoms with van der Waals surface area (Å²) in [4.78, 5) is 18.4. The number of sulfone groups is 1. The highest BCUT2D eigenvalue weighted by atomic mass is 32.2. The number of rotatable bonds is 1. The largest absolute Gasteiger partial charge is 0.336 e. The molecule has 1 aliphatic carbocycles. The number of fused-ring (bicyclic) bond motifs is 1. The Morgan fingerprint density at radius 1 is 1.11 bits per heavy atom. The number of aromatic nitrogens is 1. The van der Waals surface area contributed by atoms with Gasteiger partial charge < -0.3 is 4.90 Å². The summed E-state index contributed by atoms with van der Waals surface area (Å²) >= 11 is 0. The lowest BCUT2D eigenvalue weighted by Crippen LogP contribution is -2.58. The van der Waals surface area contributed by atoms with Crippen molar-refractivity contribution in [3.63, 3.8) is 0 Å². The molecule has 0 unspecified atom stereocenters. The third-order valence-corrected chi connectivity index (χ3v) is 8.39. The first-order valence-corrected chi connectivity index (χ1v) is 10.7. The summed E-state index contributed by atoms with van der Waals surface area (Å²) in [6.07, 6.45) is 5.03. The Morgan fingerprint density at radius 3 is 2.56 bits per heavy atom. The first-order chi connectivity index (χ1) is 12.8. The average molecular weight is 394 g/mol. The van der Waals surface area contributed by atoms with Crippen LogP contribution in [0.1, 0.15) is 42.5 Å². The summed E-state index contributed by atoms with van der Waals surface area (Å²) in [7, 11) is -3.26. The summed E-state index contributed by atoms with van der Waals surface area (Å²) in [5, 5.41) is -0.0575. The third kappa shape index (κ3) is 2.99. The number of benzene rings is 1. The zero-order chi connectivity index (χ0) is 19.2. The van der Waals surface area contributed by atoms with E-state index in [1.165, 1.54) is 17.2 Å². The molecule has 1 aromatic carbocycles. The molecule has 27 heavy (non-hydrogen) atoms. The van der Waals surface area contributed by atoms with E-state index in [4.69, 9.17) is 0 Å². The van der Waals surface area contributed by atoms with E-state index in [0.717, 1.165) is 31.4 Å². The second-order valence-corrected chi connectivity index (χ2v) is 9.94. The minimum absolute atomic E-state index is 0.0575. The van der Waals surface area contributed by atoms with Crippen LogP contribution in [0.5, 0.6) is 0 Å². The lowest BCUT2D eigenvalue weighted by molar-refractivity contribution is 0.0723. The first kappa shape index (κ1) is 18.3. The number of carbonyl (C=O) groups excluding carboxylic acids is 1. The van der Waals surface area contributed by atoms with Gasteiger partial charge in [-0.2, -0.15) is 0 Å². The highest BCUT2D eigenvalue weighted by molar-refractivity contribution is 7.92. The average Bonchev–Trinajstić information content (AvgIpc) is 2.67. The fourth-order valence-electron chi connectivity index (χ4n) is 4.26. The molecule has 8 heteroatoms. The second kappa shape index (κ2) is 6.51. The van der Waals surface area contributed by atoms with E-state index in [-0.39, 0.29) is 35.3 Å². The highest BCUT2D eigenvalue weighted by Crippen LogP contribution is 2.39. The van der Waals surface area contributed by atoms with Crippen molar-refractivity contribution in [1.29, 1.82) is 0 Å². The second-order valence-electron chi connectivity index (χ2n) is 7.44. The number of halogens is 2. The van der Waals surface area contributed by atoms with Crippen molar-refractivity contribution >= 4 is 26.6 Å². The lowest BCUT2D eigenvalue weighted by atomic mass is 9.87.